The van der Waals surface area contributed by atoms with Gasteiger partial charge in [-0.25, -0.2) is 0 Å². The first-order valence-electron chi connectivity index (χ1n) is 5.43. The van der Waals surface area contributed by atoms with Crippen molar-refractivity contribution in [1.29, 1.82) is 0 Å². The fraction of sp³-hybridized carbons (Fsp3) is 0.417. The fourth-order valence-corrected chi connectivity index (χ4v) is 2.22. The first-order chi connectivity index (χ1) is 8.13. The molecule has 0 radical (unpaired) electrons. The SMILES string of the molecule is Cc1cccc2c1OC[C@H](C=O)[C@H]2C[N+](=O)[O-]. The first kappa shape index (κ1) is 11.6. The van der Waals surface area contributed by atoms with Gasteiger partial charge < -0.3 is 9.53 Å². The quantitative estimate of drug-likeness (QED) is 0.453. The van der Waals surface area contributed by atoms with E-state index in [-0.39, 0.29) is 24.0 Å². The molecule has 2 atom stereocenters. The molecule has 5 nitrogen and oxygen atoms in total. The van der Waals surface area contributed by atoms with Crippen LogP contribution in [0.4, 0.5) is 0 Å². The third-order valence-corrected chi connectivity index (χ3v) is 3.10. The van der Waals surface area contributed by atoms with Crippen LogP contribution in [0.15, 0.2) is 18.2 Å². The normalized spacial score (nSPS) is 22.4. The summed E-state index contributed by atoms with van der Waals surface area (Å²) in [6.45, 7) is 1.88. The summed E-state index contributed by atoms with van der Waals surface area (Å²) in [5, 5.41) is 10.7. The second-order valence-corrected chi connectivity index (χ2v) is 4.23. The molecule has 0 saturated heterocycles. The minimum Gasteiger partial charge on any atom is -0.492 e. The van der Waals surface area contributed by atoms with Gasteiger partial charge in [0.15, 0.2) is 0 Å². The molecule has 0 N–H and O–H groups in total. The molecule has 1 aromatic carbocycles. The maximum absolute atomic E-state index is 10.9. The summed E-state index contributed by atoms with van der Waals surface area (Å²) in [5.41, 5.74) is 1.71. The van der Waals surface area contributed by atoms with Gasteiger partial charge in [-0.1, -0.05) is 18.2 Å². The highest BCUT2D eigenvalue weighted by molar-refractivity contribution is 5.59. The molecule has 0 aromatic heterocycles. The summed E-state index contributed by atoms with van der Waals surface area (Å²) < 4.78 is 5.52. The van der Waals surface area contributed by atoms with Gasteiger partial charge >= 0.3 is 0 Å². The number of nitro groups is 1. The van der Waals surface area contributed by atoms with E-state index in [1.807, 2.05) is 19.1 Å². The van der Waals surface area contributed by atoms with Crippen molar-refractivity contribution in [3.8, 4) is 5.75 Å². The number of benzene rings is 1. The number of carbonyl (C=O) groups excluding carboxylic acids is 1. The molecule has 1 aliphatic heterocycles. The largest absolute Gasteiger partial charge is 0.492 e. The highest BCUT2D eigenvalue weighted by Crippen LogP contribution is 2.38. The lowest BCUT2D eigenvalue weighted by Gasteiger charge is -2.29. The molecule has 0 amide bonds. The van der Waals surface area contributed by atoms with E-state index in [0.29, 0.717) is 5.75 Å². The Labute approximate surface area is 98.5 Å². The number of ether oxygens (including phenoxy) is 1. The van der Waals surface area contributed by atoms with Gasteiger partial charge in [0.05, 0.1) is 18.4 Å². The van der Waals surface area contributed by atoms with Crippen molar-refractivity contribution in [2.45, 2.75) is 12.8 Å². The number of para-hydroxylation sites is 1. The maximum atomic E-state index is 10.9. The molecule has 2 rings (SSSR count). The van der Waals surface area contributed by atoms with Gasteiger partial charge in [-0.3, -0.25) is 10.1 Å². The van der Waals surface area contributed by atoms with E-state index in [0.717, 1.165) is 17.4 Å². The highest BCUT2D eigenvalue weighted by Gasteiger charge is 2.34. The number of hydrogen-bond donors (Lipinski definition) is 0. The first-order valence-corrected chi connectivity index (χ1v) is 5.43. The van der Waals surface area contributed by atoms with Crippen molar-refractivity contribution in [3.05, 3.63) is 39.4 Å². The van der Waals surface area contributed by atoms with Gasteiger partial charge in [0.25, 0.3) is 0 Å². The summed E-state index contributed by atoms with van der Waals surface area (Å²) in [4.78, 5) is 21.2. The summed E-state index contributed by atoms with van der Waals surface area (Å²) in [6.07, 6.45) is 0.749. The number of rotatable bonds is 3. The van der Waals surface area contributed by atoms with Crippen molar-refractivity contribution < 1.29 is 14.5 Å². The van der Waals surface area contributed by atoms with E-state index in [4.69, 9.17) is 4.74 Å². The molecule has 1 heterocycles. The molecule has 0 unspecified atom stereocenters. The second kappa shape index (κ2) is 4.53. The third-order valence-electron chi connectivity index (χ3n) is 3.10. The van der Waals surface area contributed by atoms with Crippen LogP contribution in [-0.4, -0.2) is 24.4 Å². The molecular weight excluding hydrogens is 222 g/mol. The lowest BCUT2D eigenvalue weighted by atomic mass is 9.84. The smallest absolute Gasteiger partial charge is 0.211 e. The average molecular weight is 235 g/mol. The van der Waals surface area contributed by atoms with Crippen LogP contribution >= 0.6 is 0 Å². The molecule has 0 spiro atoms. The molecular formula is C12H13NO4. The van der Waals surface area contributed by atoms with Gasteiger partial charge in [0.1, 0.15) is 12.0 Å². The van der Waals surface area contributed by atoms with E-state index >= 15 is 0 Å². The number of nitrogens with zero attached hydrogens (tertiary/aromatic N) is 1. The minimum atomic E-state index is -0.435. The summed E-state index contributed by atoms with van der Waals surface area (Å²) in [5.74, 6) is -0.127. The molecule has 0 aliphatic carbocycles. The summed E-state index contributed by atoms with van der Waals surface area (Å²) in [7, 11) is 0. The van der Waals surface area contributed by atoms with Gasteiger partial charge in [-0.2, -0.15) is 0 Å². The Bertz CT molecular complexity index is 458. The third kappa shape index (κ3) is 2.13. The van der Waals surface area contributed by atoms with E-state index in [1.54, 1.807) is 6.07 Å². The van der Waals surface area contributed by atoms with E-state index in [1.165, 1.54) is 0 Å². The van der Waals surface area contributed by atoms with Crippen molar-refractivity contribution >= 4 is 6.29 Å². The molecule has 90 valence electrons. The topological polar surface area (TPSA) is 69.4 Å². The van der Waals surface area contributed by atoms with Gasteiger partial charge in [-0.15, -0.1) is 0 Å². The zero-order valence-corrected chi connectivity index (χ0v) is 9.46. The molecule has 0 bridgehead atoms. The van der Waals surface area contributed by atoms with Crippen LogP contribution in [0, 0.1) is 23.0 Å². The van der Waals surface area contributed by atoms with Crippen molar-refractivity contribution in [3.63, 3.8) is 0 Å². The van der Waals surface area contributed by atoms with Crippen LogP contribution in [-0.2, 0) is 4.79 Å². The predicted molar refractivity (Wildman–Crippen MR) is 60.8 cm³/mol. The predicted octanol–water partition coefficient (Wildman–Crippen LogP) is 1.56. The average Bonchev–Trinajstić information content (AvgIpc) is 2.29. The van der Waals surface area contributed by atoms with Crippen LogP contribution in [0.2, 0.25) is 0 Å². The zero-order chi connectivity index (χ0) is 12.4. The van der Waals surface area contributed by atoms with Crippen LogP contribution in [0.3, 0.4) is 0 Å². The monoisotopic (exact) mass is 235 g/mol. The number of aldehydes is 1. The van der Waals surface area contributed by atoms with Crippen LogP contribution < -0.4 is 4.74 Å². The fourth-order valence-electron chi connectivity index (χ4n) is 2.22. The Hall–Kier alpha value is -1.91. The van der Waals surface area contributed by atoms with Crippen LogP contribution in [0.25, 0.3) is 0 Å². The van der Waals surface area contributed by atoms with Gasteiger partial charge in [0, 0.05) is 10.5 Å². The Morgan fingerprint density at radius 2 is 2.35 bits per heavy atom. The standard InChI is InChI=1S/C12H13NO4/c1-8-3-2-4-10-11(5-13(15)16)9(6-14)7-17-12(8)10/h2-4,6,9,11H,5,7H2,1H3/t9-,11+/m0/s1. The Balaban J connectivity index is 2.43. The van der Waals surface area contributed by atoms with Crippen LogP contribution in [0.5, 0.6) is 5.75 Å². The minimum absolute atomic E-state index is 0.222. The zero-order valence-electron chi connectivity index (χ0n) is 9.46. The lowest BCUT2D eigenvalue weighted by Crippen LogP contribution is -2.31. The summed E-state index contributed by atoms with van der Waals surface area (Å²) in [6, 6.07) is 5.52. The summed E-state index contributed by atoms with van der Waals surface area (Å²) >= 11 is 0. The number of aryl methyl sites for hydroxylation is 1. The Morgan fingerprint density at radius 3 is 3.00 bits per heavy atom. The van der Waals surface area contributed by atoms with E-state index in [9.17, 15) is 14.9 Å². The number of fused-ring (bicyclic) bond motifs is 1. The Morgan fingerprint density at radius 1 is 1.59 bits per heavy atom. The molecule has 0 fully saturated rings. The highest BCUT2D eigenvalue weighted by atomic mass is 16.6. The van der Waals surface area contributed by atoms with Gasteiger partial charge in [-0.05, 0) is 12.5 Å². The van der Waals surface area contributed by atoms with Crippen molar-refractivity contribution in [2.24, 2.45) is 5.92 Å². The molecule has 17 heavy (non-hydrogen) atoms. The number of carbonyl (C=O) groups is 1. The van der Waals surface area contributed by atoms with E-state index in [2.05, 4.69) is 0 Å². The van der Waals surface area contributed by atoms with E-state index < -0.39 is 5.92 Å². The lowest BCUT2D eigenvalue weighted by molar-refractivity contribution is -0.484. The van der Waals surface area contributed by atoms with Gasteiger partial charge in [0.2, 0.25) is 6.54 Å². The molecule has 0 saturated carbocycles. The van der Waals surface area contributed by atoms with Crippen molar-refractivity contribution in [1.82, 2.24) is 0 Å². The van der Waals surface area contributed by atoms with Crippen molar-refractivity contribution in [2.75, 3.05) is 13.2 Å². The molecule has 5 heteroatoms. The maximum Gasteiger partial charge on any atom is 0.211 e. The van der Waals surface area contributed by atoms with Crippen LogP contribution in [0.1, 0.15) is 17.0 Å². The number of hydrogen-bond acceptors (Lipinski definition) is 4. The second-order valence-electron chi connectivity index (χ2n) is 4.23. The molecule has 1 aliphatic rings. The Kier molecular flexibility index (Phi) is 3.08. The molecule has 1 aromatic rings.